The second kappa shape index (κ2) is 4.01. The summed E-state index contributed by atoms with van der Waals surface area (Å²) in [6.45, 7) is 6.83. The van der Waals surface area contributed by atoms with E-state index in [1.165, 1.54) is 0 Å². The minimum absolute atomic E-state index is 0.364. The Morgan fingerprint density at radius 2 is 1.79 bits per heavy atom. The van der Waals surface area contributed by atoms with Gasteiger partial charge in [-0.3, -0.25) is 0 Å². The second-order valence-electron chi connectivity index (χ2n) is 5.53. The molecule has 0 unspecified atom stereocenters. The first-order valence-electron chi connectivity index (χ1n) is 5.45. The average Bonchev–Trinajstić information content (AvgIpc) is 2.16. The predicted octanol–water partition coefficient (Wildman–Crippen LogP) is 2.81. The zero-order valence-electron chi connectivity index (χ0n) is 9.80. The van der Waals surface area contributed by atoms with Gasteiger partial charge < -0.3 is 9.53 Å². The highest BCUT2D eigenvalue weighted by Crippen LogP contribution is 2.41. The molecular weight excluding hydrogens is 176 g/mol. The van der Waals surface area contributed by atoms with E-state index in [9.17, 15) is 4.79 Å². The van der Waals surface area contributed by atoms with Gasteiger partial charge in [-0.1, -0.05) is 20.8 Å². The summed E-state index contributed by atoms with van der Waals surface area (Å²) in [6.07, 6.45) is 4.97. The minimum Gasteiger partial charge on any atom is -0.371 e. The highest BCUT2D eigenvalue weighted by Gasteiger charge is 2.38. The molecule has 0 aromatic heterocycles. The summed E-state index contributed by atoms with van der Waals surface area (Å²) in [4.78, 5) is 10.9. The van der Waals surface area contributed by atoms with Crippen molar-refractivity contribution in [3.05, 3.63) is 0 Å². The summed E-state index contributed by atoms with van der Waals surface area (Å²) in [7, 11) is 1.64. The fourth-order valence-electron chi connectivity index (χ4n) is 2.34. The molecule has 0 radical (unpaired) electrons. The van der Waals surface area contributed by atoms with Crippen LogP contribution in [0.1, 0.15) is 46.5 Å². The number of aldehydes is 1. The standard InChI is InChI=1S/C12H22O2/c1-11(2,3)10-5-7-12(9-13,14-4)8-6-10/h9-10H,5-8H2,1-4H3. The molecule has 0 aromatic rings. The van der Waals surface area contributed by atoms with Gasteiger partial charge in [-0.2, -0.15) is 0 Å². The molecule has 1 saturated carbocycles. The maximum atomic E-state index is 10.9. The zero-order valence-corrected chi connectivity index (χ0v) is 9.80. The van der Waals surface area contributed by atoms with E-state index in [1.54, 1.807) is 7.11 Å². The van der Waals surface area contributed by atoms with Gasteiger partial charge in [-0.25, -0.2) is 0 Å². The number of ether oxygens (including phenoxy) is 1. The number of carbonyl (C=O) groups is 1. The van der Waals surface area contributed by atoms with Crippen LogP contribution in [0.15, 0.2) is 0 Å². The lowest BCUT2D eigenvalue weighted by molar-refractivity contribution is -0.133. The van der Waals surface area contributed by atoms with Gasteiger partial charge in [-0.05, 0) is 37.0 Å². The topological polar surface area (TPSA) is 26.3 Å². The Kier molecular flexibility index (Phi) is 3.36. The van der Waals surface area contributed by atoms with Gasteiger partial charge in [0.1, 0.15) is 5.60 Å². The van der Waals surface area contributed by atoms with Crippen molar-refractivity contribution >= 4 is 6.29 Å². The monoisotopic (exact) mass is 198 g/mol. The molecule has 0 N–H and O–H groups in total. The Morgan fingerprint density at radius 1 is 1.29 bits per heavy atom. The van der Waals surface area contributed by atoms with E-state index < -0.39 is 5.60 Å². The van der Waals surface area contributed by atoms with Crippen molar-refractivity contribution in [3.63, 3.8) is 0 Å². The molecule has 1 aliphatic rings. The van der Waals surface area contributed by atoms with Crippen LogP contribution in [0.3, 0.4) is 0 Å². The van der Waals surface area contributed by atoms with Gasteiger partial charge in [0, 0.05) is 7.11 Å². The molecule has 0 aliphatic heterocycles. The Morgan fingerprint density at radius 3 is 2.07 bits per heavy atom. The molecule has 2 nitrogen and oxygen atoms in total. The molecule has 1 aliphatic carbocycles. The molecule has 1 rings (SSSR count). The normalized spacial score (nSPS) is 34.1. The quantitative estimate of drug-likeness (QED) is 0.638. The molecule has 82 valence electrons. The lowest BCUT2D eigenvalue weighted by atomic mass is 9.68. The molecule has 14 heavy (non-hydrogen) atoms. The van der Waals surface area contributed by atoms with Crippen molar-refractivity contribution in [1.29, 1.82) is 0 Å². The van der Waals surface area contributed by atoms with E-state index >= 15 is 0 Å². The number of carbonyl (C=O) groups excluding carboxylic acids is 1. The third-order valence-corrected chi connectivity index (χ3v) is 3.68. The summed E-state index contributed by atoms with van der Waals surface area (Å²) >= 11 is 0. The van der Waals surface area contributed by atoms with Crippen LogP contribution in [0.5, 0.6) is 0 Å². The van der Waals surface area contributed by atoms with Gasteiger partial charge in [0.05, 0.1) is 0 Å². The van der Waals surface area contributed by atoms with E-state index in [0.717, 1.165) is 37.9 Å². The smallest absolute Gasteiger partial charge is 0.151 e. The van der Waals surface area contributed by atoms with E-state index in [4.69, 9.17) is 4.74 Å². The van der Waals surface area contributed by atoms with Crippen molar-refractivity contribution in [3.8, 4) is 0 Å². The third-order valence-electron chi connectivity index (χ3n) is 3.68. The summed E-state index contributed by atoms with van der Waals surface area (Å²) in [6, 6.07) is 0. The van der Waals surface area contributed by atoms with Crippen LogP contribution < -0.4 is 0 Å². The molecule has 0 aromatic carbocycles. The largest absolute Gasteiger partial charge is 0.371 e. The second-order valence-corrected chi connectivity index (χ2v) is 5.53. The molecule has 0 saturated heterocycles. The van der Waals surface area contributed by atoms with Gasteiger partial charge in [0.25, 0.3) is 0 Å². The summed E-state index contributed by atoms with van der Waals surface area (Å²) < 4.78 is 5.32. The number of hydrogen-bond donors (Lipinski definition) is 0. The molecule has 0 atom stereocenters. The van der Waals surface area contributed by atoms with Crippen LogP contribution in [0.25, 0.3) is 0 Å². The van der Waals surface area contributed by atoms with E-state index in [2.05, 4.69) is 20.8 Å². The maximum Gasteiger partial charge on any atom is 0.151 e. The van der Waals surface area contributed by atoms with Crippen molar-refractivity contribution in [2.24, 2.45) is 11.3 Å². The molecule has 0 amide bonds. The van der Waals surface area contributed by atoms with Crippen LogP contribution in [0.2, 0.25) is 0 Å². The number of rotatable bonds is 2. The van der Waals surface area contributed by atoms with Crippen molar-refractivity contribution in [1.82, 2.24) is 0 Å². The predicted molar refractivity (Wildman–Crippen MR) is 57.2 cm³/mol. The maximum absolute atomic E-state index is 10.9. The summed E-state index contributed by atoms with van der Waals surface area (Å²) in [5, 5.41) is 0. The highest BCUT2D eigenvalue weighted by atomic mass is 16.5. The minimum atomic E-state index is -0.470. The van der Waals surface area contributed by atoms with Crippen LogP contribution in [-0.4, -0.2) is 19.0 Å². The lowest BCUT2D eigenvalue weighted by Gasteiger charge is -2.40. The first kappa shape index (κ1) is 11.7. The summed E-state index contributed by atoms with van der Waals surface area (Å²) in [5.41, 5.74) is -0.107. The van der Waals surface area contributed by atoms with E-state index in [0.29, 0.717) is 5.41 Å². The molecule has 1 fully saturated rings. The number of hydrogen-bond acceptors (Lipinski definition) is 2. The van der Waals surface area contributed by atoms with Gasteiger partial charge in [0.2, 0.25) is 0 Å². The molecule has 0 heterocycles. The van der Waals surface area contributed by atoms with Crippen LogP contribution in [0, 0.1) is 11.3 Å². The van der Waals surface area contributed by atoms with Gasteiger partial charge >= 0.3 is 0 Å². The van der Waals surface area contributed by atoms with Crippen molar-refractivity contribution in [2.45, 2.75) is 52.1 Å². The molecule has 2 heteroatoms. The van der Waals surface area contributed by atoms with E-state index in [-0.39, 0.29) is 0 Å². The average molecular weight is 198 g/mol. The molecular formula is C12H22O2. The van der Waals surface area contributed by atoms with Crippen LogP contribution >= 0.6 is 0 Å². The Labute approximate surface area is 87.0 Å². The first-order chi connectivity index (χ1) is 6.43. The molecule has 0 spiro atoms. The Bertz CT molecular complexity index is 195. The zero-order chi connectivity index (χ0) is 10.8. The number of methoxy groups -OCH3 is 1. The Balaban J connectivity index is 2.57. The fraction of sp³-hybridized carbons (Fsp3) is 0.917. The van der Waals surface area contributed by atoms with Crippen LogP contribution in [-0.2, 0) is 9.53 Å². The lowest BCUT2D eigenvalue weighted by Crippen LogP contribution is -2.40. The van der Waals surface area contributed by atoms with Gasteiger partial charge in [0.15, 0.2) is 6.29 Å². The first-order valence-corrected chi connectivity index (χ1v) is 5.45. The molecule has 0 bridgehead atoms. The van der Waals surface area contributed by atoms with Crippen LogP contribution in [0.4, 0.5) is 0 Å². The highest BCUT2D eigenvalue weighted by molar-refractivity contribution is 5.62. The van der Waals surface area contributed by atoms with E-state index in [1.807, 2.05) is 0 Å². The SMILES string of the molecule is COC1(C=O)CCC(C(C)(C)C)CC1. The van der Waals surface area contributed by atoms with Gasteiger partial charge in [-0.15, -0.1) is 0 Å². The third kappa shape index (κ3) is 2.35. The van der Waals surface area contributed by atoms with Crippen molar-refractivity contribution < 1.29 is 9.53 Å². The van der Waals surface area contributed by atoms with Crippen molar-refractivity contribution in [2.75, 3.05) is 7.11 Å². The Hall–Kier alpha value is -0.370. The fourth-order valence-corrected chi connectivity index (χ4v) is 2.34. The summed E-state index contributed by atoms with van der Waals surface area (Å²) in [5.74, 6) is 0.728.